The number of nitrogens with one attached hydrogen (secondary N) is 3. The Labute approximate surface area is 214 Å². The van der Waals surface area contributed by atoms with Crippen LogP contribution in [0.3, 0.4) is 0 Å². The number of benzene rings is 1. The second-order valence-electron chi connectivity index (χ2n) is 9.66. The predicted octanol–water partition coefficient (Wildman–Crippen LogP) is -0.386. The number of amides is 4. The third kappa shape index (κ3) is 6.64. The van der Waals surface area contributed by atoms with E-state index in [0.717, 1.165) is 16.5 Å². The summed E-state index contributed by atoms with van der Waals surface area (Å²) in [5.41, 5.74) is 12.4. The van der Waals surface area contributed by atoms with E-state index < -0.39 is 53.8 Å². The Morgan fingerprint density at radius 3 is 2.51 bits per heavy atom. The molecule has 1 fully saturated rings. The third-order valence-corrected chi connectivity index (χ3v) is 6.54. The summed E-state index contributed by atoms with van der Waals surface area (Å²) in [7, 11) is 0. The van der Waals surface area contributed by atoms with Gasteiger partial charge in [-0.25, -0.2) is 4.79 Å². The summed E-state index contributed by atoms with van der Waals surface area (Å²) in [6.45, 7) is 3.74. The second kappa shape index (κ2) is 11.9. The van der Waals surface area contributed by atoms with E-state index in [4.69, 9.17) is 11.5 Å². The van der Waals surface area contributed by atoms with Gasteiger partial charge in [0.25, 0.3) is 0 Å². The van der Waals surface area contributed by atoms with Crippen LogP contribution in [0.1, 0.15) is 38.7 Å². The number of carboxylic acid groups (broad SMARTS) is 1. The van der Waals surface area contributed by atoms with Crippen LogP contribution in [0.15, 0.2) is 30.5 Å². The molecule has 2 aromatic rings. The van der Waals surface area contributed by atoms with Crippen molar-refractivity contribution in [2.24, 2.45) is 17.4 Å². The van der Waals surface area contributed by atoms with Gasteiger partial charge in [-0.1, -0.05) is 32.0 Å². The van der Waals surface area contributed by atoms with Gasteiger partial charge in [0.2, 0.25) is 23.6 Å². The van der Waals surface area contributed by atoms with E-state index in [1.54, 1.807) is 20.0 Å². The summed E-state index contributed by atoms with van der Waals surface area (Å²) in [5, 5.41) is 15.8. The maximum Gasteiger partial charge on any atom is 0.326 e. The van der Waals surface area contributed by atoms with Crippen molar-refractivity contribution in [2.75, 3.05) is 6.54 Å². The van der Waals surface area contributed by atoms with E-state index in [-0.39, 0.29) is 25.3 Å². The van der Waals surface area contributed by atoms with Crippen LogP contribution in [0, 0.1) is 5.92 Å². The van der Waals surface area contributed by atoms with Crippen molar-refractivity contribution in [1.82, 2.24) is 20.5 Å². The number of fused-ring (bicyclic) bond motifs is 1. The molecule has 8 N–H and O–H groups in total. The summed E-state index contributed by atoms with van der Waals surface area (Å²) < 4.78 is 0. The Morgan fingerprint density at radius 1 is 1.16 bits per heavy atom. The zero-order valence-electron chi connectivity index (χ0n) is 20.9. The number of nitrogens with two attached hydrogens (primary N) is 2. The van der Waals surface area contributed by atoms with Crippen molar-refractivity contribution in [1.29, 1.82) is 0 Å². The van der Waals surface area contributed by atoms with Gasteiger partial charge in [-0.3, -0.25) is 19.2 Å². The van der Waals surface area contributed by atoms with Gasteiger partial charge in [-0.2, -0.15) is 0 Å². The topological polar surface area (TPSA) is 201 Å². The maximum atomic E-state index is 13.4. The number of carboxylic acids is 1. The predicted molar refractivity (Wildman–Crippen MR) is 135 cm³/mol. The number of hydrogen-bond donors (Lipinski definition) is 6. The number of rotatable bonds is 11. The Kier molecular flexibility index (Phi) is 8.87. The lowest BCUT2D eigenvalue weighted by atomic mass is 10.0. The van der Waals surface area contributed by atoms with Gasteiger partial charge < -0.3 is 37.1 Å². The minimum absolute atomic E-state index is 0.0637. The molecule has 3 rings (SSSR count). The average molecular weight is 515 g/mol. The van der Waals surface area contributed by atoms with Gasteiger partial charge in [0.15, 0.2) is 0 Å². The standard InChI is InChI=1S/C25H34N6O6/c1-13(2)21(30-22(33)16(26)11-20(27)32)24(35)31-9-5-8-19(31)23(34)29-18(25(36)37)10-14-12-28-17-7-4-3-6-15(14)17/h3-4,6-7,12-13,16,18-19,21,28H,5,8-11,26H2,1-2H3,(H2,27,32)(H,29,34)(H,30,33)(H,36,37). The molecule has 200 valence electrons. The Balaban J connectivity index is 1.71. The molecule has 0 spiro atoms. The lowest BCUT2D eigenvalue weighted by molar-refractivity contribution is -0.145. The van der Waals surface area contributed by atoms with Crippen LogP contribution in [0.5, 0.6) is 0 Å². The summed E-state index contributed by atoms with van der Waals surface area (Å²) in [4.78, 5) is 66.5. The monoisotopic (exact) mass is 514 g/mol. The smallest absolute Gasteiger partial charge is 0.326 e. The van der Waals surface area contributed by atoms with Crippen LogP contribution < -0.4 is 22.1 Å². The maximum absolute atomic E-state index is 13.4. The van der Waals surface area contributed by atoms with Gasteiger partial charge in [0.1, 0.15) is 18.1 Å². The summed E-state index contributed by atoms with van der Waals surface area (Å²) in [6, 6.07) is 3.19. The number of carbonyl (C=O) groups is 5. The van der Waals surface area contributed by atoms with Crippen LogP contribution in [-0.2, 0) is 30.4 Å². The normalized spacial score (nSPS) is 17.8. The molecule has 1 aromatic heterocycles. The number of H-pyrrole nitrogens is 1. The van der Waals surface area contributed by atoms with Crippen LogP contribution in [0.4, 0.5) is 0 Å². The number of aromatic nitrogens is 1. The number of aliphatic carboxylic acids is 1. The quantitative estimate of drug-likeness (QED) is 0.234. The first-order valence-corrected chi connectivity index (χ1v) is 12.2. The minimum atomic E-state index is -1.20. The fourth-order valence-corrected chi connectivity index (χ4v) is 4.55. The van der Waals surface area contributed by atoms with Crippen molar-refractivity contribution in [3.8, 4) is 0 Å². The number of likely N-dealkylation sites (tertiary alicyclic amines) is 1. The van der Waals surface area contributed by atoms with Crippen molar-refractivity contribution >= 4 is 40.5 Å². The molecule has 0 bridgehead atoms. The Bertz CT molecular complexity index is 1180. The molecule has 4 unspecified atom stereocenters. The molecule has 1 saturated heterocycles. The highest BCUT2D eigenvalue weighted by molar-refractivity contribution is 5.95. The molecule has 12 nitrogen and oxygen atoms in total. The molecule has 1 aliphatic rings. The molecule has 0 radical (unpaired) electrons. The van der Waals surface area contributed by atoms with Gasteiger partial charge >= 0.3 is 5.97 Å². The van der Waals surface area contributed by atoms with E-state index in [1.807, 2.05) is 24.3 Å². The van der Waals surface area contributed by atoms with Gasteiger partial charge in [-0.05, 0) is 30.4 Å². The van der Waals surface area contributed by atoms with Crippen molar-refractivity contribution in [3.05, 3.63) is 36.0 Å². The Hall–Kier alpha value is -3.93. The van der Waals surface area contributed by atoms with Gasteiger partial charge in [0, 0.05) is 30.1 Å². The summed E-state index contributed by atoms with van der Waals surface area (Å²) in [5.74, 6) is -4.02. The highest BCUT2D eigenvalue weighted by Crippen LogP contribution is 2.22. The van der Waals surface area contributed by atoms with E-state index in [9.17, 15) is 29.1 Å². The van der Waals surface area contributed by atoms with Crippen LogP contribution in [0.2, 0.25) is 0 Å². The summed E-state index contributed by atoms with van der Waals surface area (Å²) in [6.07, 6.45) is 2.32. The molecular formula is C25H34N6O6. The highest BCUT2D eigenvalue weighted by atomic mass is 16.4. The van der Waals surface area contributed by atoms with Gasteiger partial charge in [0.05, 0.1) is 12.5 Å². The van der Waals surface area contributed by atoms with Crippen LogP contribution in [-0.4, -0.2) is 75.3 Å². The minimum Gasteiger partial charge on any atom is -0.480 e. The van der Waals surface area contributed by atoms with Gasteiger partial charge in [-0.15, -0.1) is 0 Å². The van der Waals surface area contributed by atoms with E-state index in [2.05, 4.69) is 15.6 Å². The third-order valence-electron chi connectivity index (χ3n) is 6.54. The number of hydrogen-bond acceptors (Lipinski definition) is 6. The first kappa shape index (κ1) is 27.7. The Morgan fingerprint density at radius 2 is 1.86 bits per heavy atom. The second-order valence-corrected chi connectivity index (χ2v) is 9.66. The summed E-state index contributed by atoms with van der Waals surface area (Å²) >= 11 is 0. The van der Waals surface area contributed by atoms with E-state index in [1.165, 1.54) is 4.90 Å². The van der Waals surface area contributed by atoms with Crippen molar-refractivity contribution in [2.45, 2.75) is 63.7 Å². The lowest BCUT2D eigenvalue weighted by Crippen LogP contribution is -2.58. The number of primary amides is 1. The zero-order chi connectivity index (χ0) is 27.3. The number of nitrogens with zero attached hydrogens (tertiary/aromatic N) is 1. The molecule has 1 aromatic carbocycles. The SMILES string of the molecule is CC(C)C(NC(=O)C(N)CC(N)=O)C(=O)N1CCCC1C(=O)NC(Cc1c[nH]c2ccccc12)C(=O)O. The largest absolute Gasteiger partial charge is 0.480 e. The number of carbonyl (C=O) groups excluding carboxylic acids is 4. The molecule has 4 atom stereocenters. The van der Waals surface area contributed by atoms with Crippen LogP contribution in [0.25, 0.3) is 10.9 Å². The molecular weight excluding hydrogens is 480 g/mol. The van der Waals surface area contributed by atoms with Crippen molar-refractivity contribution < 1.29 is 29.1 Å². The fraction of sp³-hybridized carbons (Fsp3) is 0.480. The molecule has 2 heterocycles. The number of aromatic amines is 1. The highest BCUT2D eigenvalue weighted by Gasteiger charge is 2.40. The molecule has 0 saturated carbocycles. The average Bonchev–Trinajstić information content (AvgIpc) is 3.48. The van der Waals surface area contributed by atoms with E-state index >= 15 is 0 Å². The fourth-order valence-electron chi connectivity index (χ4n) is 4.55. The first-order chi connectivity index (χ1) is 17.5. The van der Waals surface area contributed by atoms with Crippen LogP contribution >= 0.6 is 0 Å². The molecule has 37 heavy (non-hydrogen) atoms. The number of para-hydroxylation sites is 1. The molecule has 12 heteroatoms. The zero-order valence-corrected chi connectivity index (χ0v) is 20.9. The van der Waals surface area contributed by atoms with E-state index in [0.29, 0.717) is 12.8 Å². The van der Waals surface area contributed by atoms with Crippen molar-refractivity contribution in [3.63, 3.8) is 0 Å². The molecule has 0 aliphatic carbocycles. The first-order valence-electron chi connectivity index (χ1n) is 12.2. The molecule has 4 amide bonds. The molecule has 1 aliphatic heterocycles. The lowest BCUT2D eigenvalue weighted by Gasteiger charge is -2.31.